The summed E-state index contributed by atoms with van der Waals surface area (Å²) < 4.78 is 60.3. The third kappa shape index (κ3) is 5.98. The first-order chi connectivity index (χ1) is 5.22. The van der Waals surface area contributed by atoms with Gasteiger partial charge < -0.3 is 0 Å². The Morgan fingerprint density at radius 3 is 1.83 bits per heavy atom. The first-order valence-corrected chi connectivity index (χ1v) is 6.03. The zero-order valence-electron chi connectivity index (χ0n) is 5.87. The number of thiol groups is 1. The van der Waals surface area contributed by atoms with Gasteiger partial charge >= 0.3 is 15.4 Å². The second kappa shape index (κ2) is 5.95. The Morgan fingerprint density at radius 2 is 1.83 bits per heavy atom. The first-order valence-electron chi connectivity index (χ1n) is 2.31. The van der Waals surface area contributed by atoms with Crippen molar-refractivity contribution in [2.45, 2.75) is 5.25 Å². The van der Waals surface area contributed by atoms with Crippen LogP contribution in [0.5, 0.6) is 0 Å². The fourth-order valence-corrected chi connectivity index (χ4v) is 0.207. The van der Waals surface area contributed by atoms with Crippen LogP contribution in [0.25, 0.3) is 0 Å². The predicted molar refractivity (Wildman–Crippen MR) is 45.0 cm³/mol. The lowest BCUT2D eigenvalue weighted by atomic mass is 10.8. The molecule has 0 radical (unpaired) electrons. The zero-order valence-corrected chi connectivity index (χ0v) is 8.40. The summed E-state index contributed by atoms with van der Waals surface area (Å²) in [5.74, 6) is 0. The van der Waals surface area contributed by atoms with E-state index in [0.29, 0.717) is 0 Å². The maximum atomic E-state index is 11.4. The maximum Gasteiger partial charge on any atom is 0.397 e. The van der Waals surface area contributed by atoms with Gasteiger partial charge in [0.2, 0.25) is 0 Å². The predicted octanol–water partition coefficient (Wildman–Crippen LogP) is 1.63. The molecule has 76 valence electrons. The molecule has 0 saturated carbocycles. The van der Waals surface area contributed by atoms with Crippen molar-refractivity contribution in [3.8, 4) is 0 Å². The molecule has 0 aliphatic carbocycles. The number of hydrogen-bond donors (Lipinski definition) is 2. The Hall–Kier alpha value is 0.400. The number of halogens is 3. The molecule has 1 N–H and O–H groups in total. The molecule has 0 heterocycles. The highest BCUT2D eigenvalue weighted by molar-refractivity contribution is 8.68. The lowest BCUT2D eigenvalue weighted by Crippen LogP contribution is -2.30. The van der Waals surface area contributed by atoms with E-state index in [1.165, 1.54) is 10.8 Å². The van der Waals surface area contributed by atoms with E-state index in [1.807, 2.05) is 6.26 Å². The maximum absolute atomic E-state index is 11.4. The Bertz CT molecular complexity index is 202. The fraction of sp³-hybridized carbons (Fsp3) is 1.00. The van der Waals surface area contributed by atoms with E-state index < -0.39 is 22.0 Å². The SMILES string of the molecule is CSS.O=S(=O)(O)C(F)(F)CF. The van der Waals surface area contributed by atoms with Crippen LogP contribution in [0.3, 0.4) is 0 Å². The van der Waals surface area contributed by atoms with Gasteiger partial charge in [0.15, 0.2) is 6.67 Å². The molecule has 0 spiro atoms. The van der Waals surface area contributed by atoms with Crippen molar-refractivity contribution in [2.75, 3.05) is 12.9 Å². The standard InChI is InChI=1S/C2H3F3O3S.CH4S2/c3-1-2(4,5)9(6,7)8;1-3-2/h1H2,(H,6,7,8);2H,1H3. The van der Waals surface area contributed by atoms with Gasteiger partial charge in [-0.25, -0.2) is 4.39 Å². The molecule has 9 heteroatoms. The molecule has 3 nitrogen and oxygen atoms in total. The van der Waals surface area contributed by atoms with Crippen LogP contribution in [0.4, 0.5) is 13.2 Å². The molecule has 0 aromatic rings. The van der Waals surface area contributed by atoms with Crippen LogP contribution >= 0.6 is 22.5 Å². The van der Waals surface area contributed by atoms with Crippen molar-refractivity contribution < 1.29 is 26.1 Å². The van der Waals surface area contributed by atoms with Crippen molar-refractivity contribution in [2.24, 2.45) is 0 Å². The summed E-state index contributed by atoms with van der Waals surface area (Å²) in [4.78, 5) is 0. The van der Waals surface area contributed by atoms with Gasteiger partial charge in [-0.1, -0.05) is 0 Å². The lowest BCUT2D eigenvalue weighted by Gasteiger charge is -2.05. The minimum absolute atomic E-state index is 1.44. The highest BCUT2D eigenvalue weighted by atomic mass is 33.1. The molecular weight excluding hydrogens is 237 g/mol. The average molecular weight is 244 g/mol. The quantitative estimate of drug-likeness (QED) is 0.440. The molecule has 0 aromatic heterocycles. The Kier molecular flexibility index (Phi) is 7.38. The molecule has 0 unspecified atom stereocenters. The van der Waals surface area contributed by atoms with E-state index in [2.05, 4.69) is 11.7 Å². The average Bonchev–Trinajstić information content (AvgIpc) is 1.87. The summed E-state index contributed by atoms with van der Waals surface area (Å²) >= 11 is 3.71. The molecule has 12 heavy (non-hydrogen) atoms. The van der Waals surface area contributed by atoms with Gasteiger partial charge in [-0.15, -0.1) is 22.5 Å². The Labute approximate surface area is 77.3 Å². The molecule has 0 aromatic carbocycles. The van der Waals surface area contributed by atoms with E-state index in [0.717, 1.165) is 0 Å². The van der Waals surface area contributed by atoms with E-state index in [4.69, 9.17) is 4.55 Å². The van der Waals surface area contributed by atoms with Gasteiger partial charge in [-0.3, -0.25) is 4.55 Å². The number of alkyl halides is 3. The number of hydrogen-bond acceptors (Lipinski definition) is 4. The summed E-state index contributed by atoms with van der Waals surface area (Å²) in [6.07, 6.45) is 1.91. The minimum atomic E-state index is -5.56. The van der Waals surface area contributed by atoms with Crippen molar-refractivity contribution in [1.29, 1.82) is 0 Å². The van der Waals surface area contributed by atoms with Crippen LogP contribution in [-0.4, -0.2) is 31.2 Å². The van der Waals surface area contributed by atoms with Crippen LogP contribution in [0.2, 0.25) is 0 Å². The van der Waals surface area contributed by atoms with Crippen molar-refractivity contribution >= 4 is 32.6 Å². The fourth-order valence-electron chi connectivity index (χ4n) is 0.0689. The second-order valence-corrected chi connectivity index (χ2v) is 4.44. The van der Waals surface area contributed by atoms with Crippen LogP contribution in [0.15, 0.2) is 0 Å². The van der Waals surface area contributed by atoms with E-state index >= 15 is 0 Å². The third-order valence-corrected chi connectivity index (χ3v) is 1.40. The van der Waals surface area contributed by atoms with Gasteiger partial charge in [-0.2, -0.15) is 17.2 Å². The number of rotatable bonds is 2. The van der Waals surface area contributed by atoms with Crippen LogP contribution in [-0.2, 0) is 10.1 Å². The zero-order chi connectivity index (χ0) is 10.4. The Morgan fingerprint density at radius 1 is 1.58 bits per heavy atom. The van der Waals surface area contributed by atoms with Crippen molar-refractivity contribution in [3.63, 3.8) is 0 Å². The molecule has 0 atom stereocenters. The summed E-state index contributed by atoms with van der Waals surface area (Å²) in [5.41, 5.74) is 0. The lowest BCUT2D eigenvalue weighted by molar-refractivity contribution is 0.0526. The topological polar surface area (TPSA) is 54.4 Å². The molecule has 0 aliphatic heterocycles. The molecule has 0 saturated heterocycles. The summed E-state index contributed by atoms with van der Waals surface area (Å²) in [7, 11) is -4.12. The normalized spacial score (nSPS) is 11.8. The van der Waals surface area contributed by atoms with Crippen molar-refractivity contribution in [3.05, 3.63) is 0 Å². The van der Waals surface area contributed by atoms with E-state index in [-0.39, 0.29) is 0 Å². The van der Waals surface area contributed by atoms with Crippen LogP contribution < -0.4 is 0 Å². The molecule has 0 aliphatic rings. The second-order valence-electron chi connectivity index (χ2n) is 1.43. The van der Waals surface area contributed by atoms with Crippen LogP contribution in [0.1, 0.15) is 0 Å². The van der Waals surface area contributed by atoms with Gasteiger partial charge in [0.1, 0.15) is 0 Å². The van der Waals surface area contributed by atoms with Crippen molar-refractivity contribution in [1.82, 2.24) is 0 Å². The van der Waals surface area contributed by atoms with Gasteiger partial charge in [0.05, 0.1) is 0 Å². The molecular formula is C3H7F3O3S3. The van der Waals surface area contributed by atoms with Gasteiger partial charge in [0.25, 0.3) is 0 Å². The van der Waals surface area contributed by atoms with Crippen LogP contribution in [0, 0.1) is 0 Å². The molecule has 0 amide bonds. The highest BCUT2D eigenvalue weighted by Crippen LogP contribution is 2.19. The smallest absolute Gasteiger partial charge is 0.281 e. The molecule has 0 bridgehead atoms. The minimum Gasteiger partial charge on any atom is -0.281 e. The molecule has 0 fully saturated rings. The highest BCUT2D eigenvalue weighted by Gasteiger charge is 2.44. The molecule has 0 rings (SSSR count). The van der Waals surface area contributed by atoms with E-state index in [1.54, 1.807) is 0 Å². The summed E-state index contributed by atoms with van der Waals surface area (Å²) in [5, 5.41) is -4.66. The summed E-state index contributed by atoms with van der Waals surface area (Å²) in [6, 6.07) is 0. The summed E-state index contributed by atoms with van der Waals surface area (Å²) in [6.45, 7) is -2.41. The third-order valence-electron chi connectivity index (χ3n) is 0.533. The largest absolute Gasteiger partial charge is 0.397 e. The van der Waals surface area contributed by atoms with Gasteiger partial charge in [-0.05, 0) is 6.26 Å². The first kappa shape index (κ1) is 14.9. The van der Waals surface area contributed by atoms with Gasteiger partial charge in [0, 0.05) is 0 Å². The monoisotopic (exact) mass is 244 g/mol. The Balaban J connectivity index is 0. The van der Waals surface area contributed by atoms with E-state index in [9.17, 15) is 21.6 Å².